The molecule has 0 saturated carbocycles. The number of Topliss-reactive ketones (excluding diaryl/α,β-unsaturated/α-hetero) is 1. The van der Waals surface area contributed by atoms with Crippen LogP contribution in [0.2, 0.25) is 0 Å². The van der Waals surface area contributed by atoms with Crippen LogP contribution >= 0.6 is 0 Å². The third-order valence-electron chi connectivity index (χ3n) is 3.27. The van der Waals surface area contributed by atoms with Crippen molar-refractivity contribution in [3.8, 4) is 16.9 Å². The first-order valence-corrected chi connectivity index (χ1v) is 6.44. The second-order valence-electron chi connectivity index (χ2n) is 5.03. The van der Waals surface area contributed by atoms with Crippen molar-refractivity contribution in [3.63, 3.8) is 0 Å². The van der Waals surface area contributed by atoms with Gasteiger partial charge in [0.05, 0.1) is 5.56 Å². The number of carbonyl (C=O) groups excluding carboxylic acids is 1. The number of rotatable bonds is 3. The standard InChI is InChI=1S/C17H18O2/c1-11(2)14-6-4-5-7-15(14)13-8-9-17(19)16(10-13)12(3)18/h4-11,19H,1-3H3. The molecule has 2 heteroatoms. The first-order chi connectivity index (χ1) is 9.00. The van der Waals surface area contributed by atoms with Gasteiger partial charge in [0, 0.05) is 0 Å². The fraction of sp³-hybridized carbons (Fsp3) is 0.235. The Hall–Kier alpha value is -2.09. The van der Waals surface area contributed by atoms with E-state index in [1.165, 1.54) is 12.5 Å². The summed E-state index contributed by atoms with van der Waals surface area (Å²) in [7, 11) is 0. The summed E-state index contributed by atoms with van der Waals surface area (Å²) in [6, 6.07) is 13.4. The van der Waals surface area contributed by atoms with E-state index in [-0.39, 0.29) is 11.5 Å². The lowest BCUT2D eigenvalue weighted by atomic mass is 9.91. The smallest absolute Gasteiger partial charge is 0.163 e. The van der Waals surface area contributed by atoms with E-state index in [2.05, 4.69) is 19.9 Å². The number of aromatic hydroxyl groups is 1. The number of benzene rings is 2. The minimum Gasteiger partial charge on any atom is -0.507 e. The normalized spacial score (nSPS) is 10.7. The summed E-state index contributed by atoms with van der Waals surface area (Å²) in [5.41, 5.74) is 3.69. The third-order valence-corrected chi connectivity index (χ3v) is 3.27. The van der Waals surface area contributed by atoms with Gasteiger partial charge in [-0.25, -0.2) is 0 Å². The molecule has 2 rings (SSSR count). The van der Waals surface area contributed by atoms with Crippen LogP contribution in [0, 0.1) is 0 Å². The van der Waals surface area contributed by atoms with Gasteiger partial charge in [0.1, 0.15) is 5.75 Å². The van der Waals surface area contributed by atoms with Gasteiger partial charge in [-0.05, 0) is 41.7 Å². The Bertz CT molecular complexity index is 612. The van der Waals surface area contributed by atoms with E-state index in [9.17, 15) is 9.90 Å². The highest BCUT2D eigenvalue weighted by molar-refractivity contribution is 5.98. The largest absolute Gasteiger partial charge is 0.507 e. The molecule has 0 aliphatic carbocycles. The number of phenols is 1. The van der Waals surface area contributed by atoms with Gasteiger partial charge in [0.15, 0.2) is 5.78 Å². The van der Waals surface area contributed by atoms with Crippen LogP contribution in [-0.2, 0) is 0 Å². The molecule has 0 amide bonds. The average molecular weight is 254 g/mol. The van der Waals surface area contributed by atoms with Gasteiger partial charge in [-0.3, -0.25) is 4.79 Å². The maximum Gasteiger partial charge on any atom is 0.163 e. The van der Waals surface area contributed by atoms with E-state index in [1.807, 2.05) is 24.3 Å². The SMILES string of the molecule is CC(=O)c1cc(-c2ccccc2C(C)C)ccc1O. The van der Waals surface area contributed by atoms with Gasteiger partial charge in [-0.15, -0.1) is 0 Å². The monoisotopic (exact) mass is 254 g/mol. The first kappa shape index (κ1) is 13.3. The zero-order valence-corrected chi connectivity index (χ0v) is 11.5. The molecule has 0 unspecified atom stereocenters. The molecular weight excluding hydrogens is 236 g/mol. The maximum absolute atomic E-state index is 11.5. The van der Waals surface area contributed by atoms with Crippen LogP contribution in [0.1, 0.15) is 42.6 Å². The molecule has 0 aliphatic rings. The molecule has 19 heavy (non-hydrogen) atoms. The van der Waals surface area contributed by atoms with Crippen LogP contribution < -0.4 is 0 Å². The number of ketones is 1. The van der Waals surface area contributed by atoms with Crippen LogP contribution in [0.5, 0.6) is 5.75 Å². The first-order valence-electron chi connectivity index (χ1n) is 6.44. The highest BCUT2D eigenvalue weighted by Gasteiger charge is 2.12. The van der Waals surface area contributed by atoms with Crippen LogP contribution in [0.3, 0.4) is 0 Å². The zero-order chi connectivity index (χ0) is 14.0. The lowest BCUT2D eigenvalue weighted by Gasteiger charge is -2.13. The van der Waals surface area contributed by atoms with E-state index in [1.54, 1.807) is 12.1 Å². The highest BCUT2D eigenvalue weighted by atomic mass is 16.3. The fourth-order valence-corrected chi connectivity index (χ4v) is 2.25. The van der Waals surface area contributed by atoms with E-state index in [4.69, 9.17) is 0 Å². The van der Waals surface area contributed by atoms with Crippen molar-refractivity contribution in [2.45, 2.75) is 26.7 Å². The Labute approximate surface area is 113 Å². The molecule has 2 nitrogen and oxygen atoms in total. The Morgan fingerprint density at radius 1 is 1.11 bits per heavy atom. The Morgan fingerprint density at radius 2 is 1.79 bits per heavy atom. The van der Waals surface area contributed by atoms with Crippen LogP contribution in [0.25, 0.3) is 11.1 Å². The number of hydrogen-bond donors (Lipinski definition) is 1. The van der Waals surface area contributed by atoms with E-state index in [0.717, 1.165) is 11.1 Å². The Kier molecular flexibility index (Phi) is 3.70. The maximum atomic E-state index is 11.5. The van der Waals surface area contributed by atoms with Crippen LogP contribution in [0.4, 0.5) is 0 Å². The van der Waals surface area contributed by atoms with Crippen molar-refractivity contribution in [1.29, 1.82) is 0 Å². The van der Waals surface area contributed by atoms with Crippen LogP contribution in [0.15, 0.2) is 42.5 Å². The van der Waals surface area contributed by atoms with Gasteiger partial charge < -0.3 is 5.11 Å². The third kappa shape index (κ3) is 2.68. The summed E-state index contributed by atoms with van der Waals surface area (Å²) >= 11 is 0. The Balaban J connectivity index is 2.60. The topological polar surface area (TPSA) is 37.3 Å². The quantitative estimate of drug-likeness (QED) is 0.825. The van der Waals surface area contributed by atoms with Gasteiger partial charge in [-0.2, -0.15) is 0 Å². The average Bonchev–Trinajstić information content (AvgIpc) is 2.39. The van der Waals surface area contributed by atoms with Gasteiger partial charge in [-0.1, -0.05) is 44.2 Å². The molecule has 0 heterocycles. The molecule has 0 atom stereocenters. The molecule has 2 aromatic carbocycles. The summed E-state index contributed by atoms with van der Waals surface area (Å²) < 4.78 is 0. The molecule has 98 valence electrons. The van der Waals surface area contributed by atoms with Gasteiger partial charge in [0.2, 0.25) is 0 Å². The summed E-state index contributed by atoms with van der Waals surface area (Å²) in [5.74, 6) is 0.324. The van der Waals surface area contributed by atoms with Crippen molar-refractivity contribution < 1.29 is 9.90 Å². The lowest BCUT2D eigenvalue weighted by Crippen LogP contribution is -1.96. The predicted molar refractivity (Wildman–Crippen MR) is 77.6 cm³/mol. The number of carbonyl (C=O) groups is 1. The molecule has 0 aliphatic heterocycles. The van der Waals surface area contributed by atoms with Crippen LogP contribution in [-0.4, -0.2) is 10.9 Å². The molecule has 0 bridgehead atoms. The van der Waals surface area contributed by atoms with E-state index >= 15 is 0 Å². The van der Waals surface area contributed by atoms with E-state index < -0.39 is 0 Å². The minimum absolute atomic E-state index is 0.0401. The second-order valence-corrected chi connectivity index (χ2v) is 5.03. The molecule has 1 N–H and O–H groups in total. The molecule has 0 fully saturated rings. The summed E-state index contributed by atoms with van der Waals surface area (Å²) in [5, 5.41) is 9.71. The molecule has 0 radical (unpaired) electrons. The lowest BCUT2D eigenvalue weighted by molar-refractivity contribution is 0.101. The van der Waals surface area contributed by atoms with E-state index in [0.29, 0.717) is 11.5 Å². The number of hydrogen-bond acceptors (Lipinski definition) is 2. The Morgan fingerprint density at radius 3 is 2.42 bits per heavy atom. The van der Waals surface area contributed by atoms with Crippen molar-refractivity contribution in [1.82, 2.24) is 0 Å². The summed E-state index contributed by atoms with van der Waals surface area (Å²) in [4.78, 5) is 11.5. The minimum atomic E-state index is -0.124. The molecule has 0 aromatic heterocycles. The van der Waals surface area contributed by atoms with Gasteiger partial charge in [0.25, 0.3) is 0 Å². The molecule has 2 aromatic rings. The fourth-order valence-electron chi connectivity index (χ4n) is 2.25. The summed E-state index contributed by atoms with van der Waals surface area (Å²) in [6.07, 6.45) is 0. The van der Waals surface area contributed by atoms with Crippen molar-refractivity contribution in [3.05, 3.63) is 53.6 Å². The molecular formula is C17H18O2. The molecule has 0 saturated heterocycles. The number of phenolic OH excluding ortho intramolecular Hbond substituents is 1. The van der Waals surface area contributed by atoms with Gasteiger partial charge >= 0.3 is 0 Å². The second kappa shape index (κ2) is 5.27. The van der Waals surface area contributed by atoms with Crippen molar-refractivity contribution in [2.75, 3.05) is 0 Å². The van der Waals surface area contributed by atoms with Crippen molar-refractivity contribution in [2.24, 2.45) is 0 Å². The van der Waals surface area contributed by atoms with Crippen molar-refractivity contribution >= 4 is 5.78 Å². The highest BCUT2D eigenvalue weighted by Crippen LogP contribution is 2.31. The summed E-state index contributed by atoms with van der Waals surface area (Å²) in [6.45, 7) is 5.75. The zero-order valence-electron chi connectivity index (χ0n) is 11.5. The molecule has 0 spiro atoms. The predicted octanol–water partition coefficient (Wildman–Crippen LogP) is 4.39.